The Morgan fingerprint density at radius 1 is 1.27 bits per heavy atom. The predicted octanol–water partition coefficient (Wildman–Crippen LogP) is 3.25. The van der Waals surface area contributed by atoms with Gasteiger partial charge in [-0.3, -0.25) is 4.79 Å². The summed E-state index contributed by atoms with van der Waals surface area (Å²) in [6.45, 7) is 5.44. The van der Waals surface area contributed by atoms with Gasteiger partial charge in [0.2, 0.25) is 0 Å². The summed E-state index contributed by atoms with van der Waals surface area (Å²) >= 11 is 0. The van der Waals surface area contributed by atoms with Crippen molar-refractivity contribution in [3.8, 4) is 5.75 Å². The number of aryl methyl sites for hydroxylation is 2. The topological polar surface area (TPSA) is 63.8 Å². The van der Waals surface area contributed by atoms with E-state index in [9.17, 15) is 4.79 Å². The molecule has 1 amide bonds. The van der Waals surface area contributed by atoms with Crippen LogP contribution >= 0.6 is 0 Å². The van der Waals surface area contributed by atoms with E-state index in [-0.39, 0.29) is 5.91 Å². The van der Waals surface area contributed by atoms with Crippen molar-refractivity contribution in [1.29, 1.82) is 0 Å². The molecule has 0 bridgehead atoms. The number of hydrogen-bond acceptors (Lipinski definition) is 4. The summed E-state index contributed by atoms with van der Waals surface area (Å²) in [7, 11) is 1.64. The number of benzene rings is 1. The monoisotopic (exact) mass is 300 g/mol. The molecule has 0 radical (unpaired) electrons. The van der Waals surface area contributed by atoms with Gasteiger partial charge in [0.15, 0.2) is 0 Å². The molecule has 0 unspecified atom stereocenters. The maximum absolute atomic E-state index is 12.0. The zero-order chi connectivity index (χ0) is 16.1. The molecule has 2 rings (SSSR count). The Morgan fingerprint density at radius 2 is 1.95 bits per heavy atom. The molecule has 0 saturated heterocycles. The zero-order valence-corrected chi connectivity index (χ0v) is 13.3. The van der Waals surface area contributed by atoms with E-state index >= 15 is 0 Å². The number of amides is 1. The number of carbonyl (C=O) groups is 1. The highest BCUT2D eigenvalue weighted by atomic mass is 16.5. The third kappa shape index (κ3) is 3.97. The van der Waals surface area contributed by atoms with Crippen molar-refractivity contribution in [2.45, 2.75) is 27.2 Å². The van der Waals surface area contributed by atoms with E-state index in [1.165, 1.54) is 0 Å². The van der Waals surface area contributed by atoms with E-state index in [1.54, 1.807) is 20.1 Å². The Labute approximate surface area is 130 Å². The number of ether oxygens (including phenoxy) is 1. The van der Waals surface area contributed by atoms with Crippen LogP contribution in [0.4, 0.5) is 0 Å². The van der Waals surface area contributed by atoms with Crippen LogP contribution in [-0.2, 0) is 6.42 Å². The lowest BCUT2D eigenvalue weighted by atomic mass is 10.1. The minimum atomic E-state index is -0.261. The van der Waals surface area contributed by atoms with E-state index in [0.717, 1.165) is 17.0 Å². The van der Waals surface area contributed by atoms with Crippen molar-refractivity contribution in [3.63, 3.8) is 0 Å². The number of hydrogen-bond donors (Lipinski definition) is 1. The van der Waals surface area contributed by atoms with E-state index in [1.807, 2.05) is 38.1 Å². The van der Waals surface area contributed by atoms with Crippen LogP contribution in [0.5, 0.6) is 5.75 Å². The molecule has 0 atom stereocenters. The molecule has 1 aromatic heterocycles. The van der Waals surface area contributed by atoms with E-state index in [2.05, 4.69) is 10.5 Å². The SMILES string of the molecule is COc1ccc(C/C(C)=N\NC(=O)c2cc(C)oc2C)cc1. The predicted molar refractivity (Wildman–Crippen MR) is 85.5 cm³/mol. The van der Waals surface area contributed by atoms with Crippen molar-refractivity contribution < 1.29 is 13.9 Å². The fourth-order valence-corrected chi connectivity index (χ4v) is 2.14. The summed E-state index contributed by atoms with van der Waals surface area (Å²) in [5, 5.41) is 4.13. The quantitative estimate of drug-likeness (QED) is 0.681. The lowest BCUT2D eigenvalue weighted by Crippen LogP contribution is -2.19. The molecule has 1 heterocycles. The van der Waals surface area contributed by atoms with Gasteiger partial charge in [-0.15, -0.1) is 0 Å². The minimum absolute atomic E-state index is 0.261. The fraction of sp³-hybridized carbons (Fsp3) is 0.294. The van der Waals surface area contributed by atoms with Gasteiger partial charge in [0.25, 0.3) is 5.91 Å². The second-order valence-electron chi connectivity index (χ2n) is 5.14. The summed E-state index contributed by atoms with van der Waals surface area (Å²) in [6, 6.07) is 9.46. The molecule has 1 aromatic carbocycles. The maximum Gasteiger partial charge on any atom is 0.274 e. The summed E-state index contributed by atoms with van der Waals surface area (Å²) < 4.78 is 10.5. The molecule has 0 aliphatic rings. The van der Waals surface area contributed by atoms with Crippen LogP contribution in [0.1, 0.15) is 34.4 Å². The van der Waals surface area contributed by atoms with Crippen LogP contribution in [0.3, 0.4) is 0 Å². The van der Waals surface area contributed by atoms with Gasteiger partial charge in [0.05, 0.1) is 12.7 Å². The number of rotatable bonds is 5. The molecule has 0 aliphatic carbocycles. The Morgan fingerprint density at radius 3 is 2.50 bits per heavy atom. The molecule has 2 aromatic rings. The number of nitrogens with zero attached hydrogens (tertiary/aromatic N) is 1. The second kappa shape index (κ2) is 6.93. The molecule has 22 heavy (non-hydrogen) atoms. The average molecular weight is 300 g/mol. The van der Waals surface area contributed by atoms with Crippen LogP contribution in [0, 0.1) is 13.8 Å². The second-order valence-corrected chi connectivity index (χ2v) is 5.14. The van der Waals surface area contributed by atoms with Gasteiger partial charge in [-0.1, -0.05) is 12.1 Å². The molecular weight excluding hydrogens is 280 g/mol. The Balaban J connectivity index is 1.97. The first kappa shape index (κ1) is 15.8. The first-order valence-electron chi connectivity index (χ1n) is 7.03. The molecule has 5 nitrogen and oxygen atoms in total. The molecule has 5 heteroatoms. The van der Waals surface area contributed by atoms with E-state index in [4.69, 9.17) is 9.15 Å². The zero-order valence-electron chi connectivity index (χ0n) is 13.3. The van der Waals surface area contributed by atoms with Crippen molar-refractivity contribution in [3.05, 3.63) is 53.0 Å². The molecule has 0 saturated carbocycles. The summed E-state index contributed by atoms with van der Waals surface area (Å²) in [5.74, 6) is 1.86. The Bertz CT molecular complexity index is 684. The number of nitrogens with one attached hydrogen (secondary N) is 1. The lowest BCUT2D eigenvalue weighted by molar-refractivity contribution is 0.0953. The lowest BCUT2D eigenvalue weighted by Gasteiger charge is -2.04. The Kier molecular flexibility index (Phi) is 4.99. The molecule has 0 fully saturated rings. The normalized spacial score (nSPS) is 11.4. The first-order chi connectivity index (χ1) is 10.5. The van der Waals surface area contributed by atoms with Crippen molar-refractivity contribution in [2.75, 3.05) is 7.11 Å². The average Bonchev–Trinajstić information content (AvgIpc) is 2.84. The molecule has 1 N–H and O–H groups in total. The number of methoxy groups -OCH3 is 1. The number of hydrazone groups is 1. The van der Waals surface area contributed by atoms with Crippen LogP contribution < -0.4 is 10.2 Å². The molecular formula is C17H20N2O3. The molecule has 0 spiro atoms. The first-order valence-corrected chi connectivity index (χ1v) is 7.03. The molecule has 0 aliphatic heterocycles. The van der Waals surface area contributed by atoms with Gasteiger partial charge >= 0.3 is 0 Å². The van der Waals surface area contributed by atoms with Gasteiger partial charge < -0.3 is 9.15 Å². The molecule has 116 valence electrons. The Hall–Kier alpha value is -2.56. The van der Waals surface area contributed by atoms with Crippen molar-refractivity contribution in [1.82, 2.24) is 5.43 Å². The highest BCUT2D eigenvalue weighted by Gasteiger charge is 2.12. The van der Waals surface area contributed by atoms with E-state index < -0.39 is 0 Å². The van der Waals surface area contributed by atoms with Gasteiger partial charge in [-0.2, -0.15) is 5.10 Å². The van der Waals surface area contributed by atoms with Gasteiger partial charge in [0.1, 0.15) is 17.3 Å². The van der Waals surface area contributed by atoms with Crippen molar-refractivity contribution >= 4 is 11.6 Å². The van der Waals surface area contributed by atoms with Crippen LogP contribution in [0.2, 0.25) is 0 Å². The number of furan rings is 1. The van der Waals surface area contributed by atoms with Crippen molar-refractivity contribution in [2.24, 2.45) is 5.10 Å². The smallest absolute Gasteiger partial charge is 0.274 e. The summed E-state index contributed by atoms with van der Waals surface area (Å²) in [5.41, 5.74) is 4.99. The van der Waals surface area contributed by atoms with E-state index in [0.29, 0.717) is 23.5 Å². The largest absolute Gasteiger partial charge is 0.497 e. The number of carbonyl (C=O) groups excluding carboxylic acids is 1. The highest BCUT2D eigenvalue weighted by Crippen LogP contribution is 2.14. The van der Waals surface area contributed by atoms with Gasteiger partial charge in [-0.05, 0) is 44.5 Å². The fourth-order valence-electron chi connectivity index (χ4n) is 2.14. The minimum Gasteiger partial charge on any atom is -0.497 e. The third-order valence-corrected chi connectivity index (χ3v) is 3.25. The van der Waals surface area contributed by atoms with Crippen LogP contribution in [0.15, 0.2) is 39.9 Å². The van der Waals surface area contributed by atoms with Gasteiger partial charge in [0, 0.05) is 12.1 Å². The van der Waals surface area contributed by atoms with Gasteiger partial charge in [-0.25, -0.2) is 5.43 Å². The summed E-state index contributed by atoms with van der Waals surface area (Å²) in [6.07, 6.45) is 0.660. The maximum atomic E-state index is 12.0. The van der Waals surface area contributed by atoms with Crippen LogP contribution in [0.25, 0.3) is 0 Å². The van der Waals surface area contributed by atoms with Crippen LogP contribution in [-0.4, -0.2) is 18.7 Å². The third-order valence-electron chi connectivity index (χ3n) is 3.25. The highest BCUT2D eigenvalue weighted by molar-refractivity contribution is 5.96. The summed E-state index contributed by atoms with van der Waals surface area (Å²) in [4.78, 5) is 12.0. The standard InChI is InChI=1S/C17H20N2O3/c1-11(9-14-5-7-15(21-4)8-6-14)18-19-17(20)16-10-12(2)22-13(16)3/h5-8,10H,9H2,1-4H3,(H,19,20)/b18-11-.